The van der Waals surface area contributed by atoms with Gasteiger partial charge in [-0.3, -0.25) is 4.99 Å². The molecule has 0 aliphatic heterocycles. The van der Waals surface area contributed by atoms with Crippen molar-refractivity contribution in [3.63, 3.8) is 0 Å². The zero-order chi connectivity index (χ0) is 16.0. The smallest absolute Gasteiger partial charge is 0.252 e. The fourth-order valence-corrected chi connectivity index (χ4v) is 4.07. The molecule has 118 valence electrons. The maximum Gasteiger partial charge on any atom is 0.252 e. The Bertz CT molecular complexity index is 713. The van der Waals surface area contributed by atoms with Gasteiger partial charge in [-0.2, -0.15) is 4.31 Å². The molecule has 0 spiro atoms. The van der Waals surface area contributed by atoms with E-state index in [0.29, 0.717) is 4.21 Å². The molecule has 1 aromatic carbocycles. The molecule has 0 fully saturated rings. The average molecular weight is 338 g/mol. The van der Waals surface area contributed by atoms with E-state index in [-0.39, 0.29) is 19.0 Å². The van der Waals surface area contributed by atoms with E-state index in [0.717, 1.165) is 5.69 Å². The predicted octanol–water partition coefficient (Wildman–Crippen LogP) is 1.80. The molecule has 8 heteroatoms. The van der Waals surface area contributed by atoms with Crippen LogP contribution >= 0.6 is 11.3 Å². The number of thiophene rings is 1. The zero-order valence-corrected chi connectivity index (χ0v) is 13.8. The lowest BCUT2D eigenvalue weighted by Crippen LogP contribution is -2.30. The summed E-state index contributed by atoms with van der Waals surface area (Å²) < 4.78 is 26.0. The van der Waals surface area contributed by atoms with Crippen LogP contribution in [0.4, 0.5) is 5.69 Å². The Morgan fingerprint density at radius 2 is 2.00 bits per heavy atom. The Balaban J connectivity index is 1.89. The molecule has 0 atom stereocenters. The Hall–Kier alpha value is -1.90. The Kier molecular flexibility index (Phi) is 5.53. The quantitative estimate of drug-likeness (QED) is 0.621. The van der Waals surface area contributed by atoms with Crippen LogP contribution in [0.15, 0.2) is 57.0 Å². The second kappa shape index (κ2) is 7.39. The van der Waals surface area contributed by atoms with Gasteiger partial charge in [0.05, 0.1) is 6.54 Å². The van der Waals surface area contributed by atoms with Crippen LogP contribution in [-0.4, -0.2) is 38.8 Å². The van der Waals surface area contributed by atoms with E-state index in [2.05, 4.69) is 10.3 Å². The van der Waals surface area contributed by atoms with Gasteiger partial charge < -0.3 is 11.1 Å². The lowest BCUT2D eigenvalue weighted by Gasteiger charge is -2.14. The van der Waals surface area contributed by atoms with Gasteiger partial charge in [-0.15, -0.1) is 11.3 Å². The summed E-state index contributed by atoms with van der Waals surface area (Å²) in [5, 5.41) is 4.68. The van der Waals surface area contributed by atoms with Crippen molar-refractivity contribution >= 4 is 33.0 Å². The summed E-state index contributed by atoms with van der Waals surface area (Å²) in [4.78, 5) is 4.13. The number of anilines is 1. The highest BCUT2D eigenvalue weighted by atomic mass is 32.2. The van der Waals surface area contributed by atoms with Crippen molar-refractivity contribution in [1.29, 1.82) is 0 Å². The molecule has 0 saturated carbocycles. The van der Waals surface area contributed by atoms with Crippen molar-refractivity contribution in [3.05, 3.63) is 47.8 Å². The van der Waals surface area contributed by atoms with Gasteiger partial charge in [0, 0.05) is 19.3 Å². The van der Waals surface area contributed by atoms with Crippen molar-refractivity contribution in [1.82, 2.24) is 4.31 Å². The van der Waals surface area contributed by atoms with Crippen LogP contribution in [0, 0.1) is 0 Å². The Morgan fingerprint density at radius 1 is 1.27 bits per heavy atom. The number of nitrogens with two attached hydrogens (primary N) is 1. The molecule has 0 bridgehead atoms. The number of guanidine groups is 1. The maximum atomic E-state index is 12.2. The van der Waals surface area contributed by atoms with Crippen molar-refractivity contribution in [2.75, 3.05) is 25.5 Å². The summed E-state index contributed by atoms with van der Waals surface area (Å²) in [6.07, 6.45) is 0. The minimum absolute atomic E-state index is 0.258. The molecule has 3 N–H and O–H groups in total. The molecule has 1 aromatic heterocycles. The SMILES string of the molecule is CN(CCN=C(N)Nc1ccccc1)S(=O)(=O)c1cccs1. The standard InChI is InChI=1S/C14H18N4O2S2/c1-18(22(19,20)13-8-5-11-21-13)10-9-16-14(15)17-12-6-3-2-4-7-12/h2-8,11H,9-10H2,1H3,(H3,15,16,17). The monoisotopic (exact) mass is 338 g/mol. The number of rotatable bonds is 6. The number of para-hydroxylation sites is 1. The number of nitrogens with zero attached hydrogens (tertiary/aromatic N) is 2. The van der Waals surface area contributed by atoms with Gasteiger partial charge in [0.15, 0.2) is 5.96 Å². The number of likely N-dealkylation sites (N-methyl/N-ethyl adjacent to an activating group) is 1. The summed E-state index contributed by atoms with van der Waals surface area (Å²) in [5.74, 6) is 0.258. The highest BCUT2D eigenvalue weighted by molar-refractivity contribution is 7.91. The third-order valence-corrected chi connectivity index (χ3v) is 6.13. The number of benzene rings is 1. The van der Waals surface area contributed by atoms with Crippen LogP contribution in [0.25, 0.3) is 0 Å². The van der Waals surface area contributed by atoms with E-state index >= 15 is 0 Å². The van der Waals surface area contributed by atoms with Crippen LogP contribution in [0.3, 0.4) is 0 Å². The van der Waals surface area contributed by atoms with E-state index in [1.165, 1.54) is 22.7 Å². The molecule has 0 amide bonds. The first-order valence-electron chi connectivity index (χ1n) is 6.62. The first-order valence-corrected chi connectivity index (χ1v) is 8.94. The van der Waals surface area contributed by atoms with E-state index in [1.54, 1.807) is 17.5 Å². The molecule has 0 unspecified atom stereocenters. The summed E-state index contributed by atoms with van der Waals surface area (Å²) in [6.45, 7) is 0.546. The second-order valence-corrected chi connectivity index (χ2v) is 7.74. The second-order valence-electron chi connectivity index (χ2n) is 4.52. The summed E-state index contributed by atoms with van der Waals surface area (Å²) in [7, 11) is -1.90. The van der Waals surface area contributed by atoms with Crippen LogP contribution in [0.1, 0.15) is 0 Å². The molecular weight excluding hydrogens is 320 g/mol. The van der Waals surface area contributed by atoms with E-state index in [4.69, 9.17) is 5.73 Å². The maximum absolute atomic E-state index is 12.2. The van der Waals surface area contributed by atoms with Gasteiger partial charge in [-0.05, 0) is 23.6 Å². The van der Waals surface area contributed by atoms with Crippen molar-refractivity contribution in [2.24, 2.45) is 10.7 Å². The lowest BCUT2D eigenvalue weighted by molar-refractivity contribution is 0.479. The van der Waals surface area contributed by atoms with Crippen molar-refractivity contribution in [2.45, 2.75) is 4.21 Å². The summed E-state index contributed by atoms with van der Waals surface area (Å²) in [5.41, 5.74) is 6.60. The lowest BCUT2D eigenvalue weighted by atomic mass is 10.3. The number of sulfonamides is 1. The van der Waals surface area contributed by atoms with Crippen LogP contribution in [-0.2, 0) is 10.0 Å². The van der Waals surface area contributed by atoms with Crippen LogP contribution < -0.4 is 11.1 Å². The summed E-state index contributed by atoms with van der Waals surface area (Å²) >= 11 is 1.20. The average Bonchev–Trinajstić information content (AvgIpc) is 3.03. The highest BCUT2D eigenvalue weighted by Gasteiger charge is 2.20. The molecular formula is C14H18N4O2S2. The van der Waals surface area contributed by atoms with Gasteiger partial charge in [0.25, 0.3) is 10.0 Å². The molecule has 0 radical (unpaired) electrons. The molecule has 2 aromatic rings. The summed E-state index contributed by atoms with van der Waals surface area (Å²) in [6, 6.07) is 12.7. The number of hydrogen-bond acceptors (Lipinski definition) is 4. The molecule has 2 rings (SSSR count). The van der Waals surface area contributed by atoms with Crippen LogP contribution in [0.2, 0.25) is 0 Å². The molecule has 0 aliphatic carbocycles. The fraction of sp³-hybridized carbons (Fsp3) is 0.214. The molecule has 22 heavy (non-hydrogen) atoms. The topological polar surface area (TPSA) is 87.8 Å². The molecule has 0 saturated heterocycles. The van der Waals surface area contributed by atoms with E-state index in [9.17, 15) is 8.42 Å². The fourth-order valence-electron chi connectivity index (χ4n) is 1.70. The minimum Gasteiger partial charge on any atom is -0.370 e. The number of nitrogens with one attached hydrogen (secondary N) is 1. The van der Waals surface area contributed by atoms with Gasteiger partial charge in [-0.25, -0.2) is 8.42 Å². The normalized spacial score (nSPS) is 12.5. The van der Waals surface area contributed by atoms with Gasteiger partial charge >= 0.3 is 0 Å². The minimum atomic E-state index is -3.43. The number of hydrogen-bond donors (Lipinski definition) is 2. The van der Waals surface area contributed by atoms with E-state index < -0.39 is 10.0 Å². The largest absolute Gasteiger partial charge is 0.370 e. The third kappa shape index (κ3) is 4.30. The predicted molar refractivity (Wildman–Crippen MR) is 90.7 cm³/mol. The van der Waals surface area contributed by atoms with Gasteiger partial charge in [0.1, 0.15) is 4.21 Å². The highest BCUT2D eigenvalue weighted by Crippen LogP contribution is 2.19. The molecule has 1 heterocycles. The van der Waals surface area contributed by atoms with Crippen molar-refractivity contribution in [3.8, 4) is 0 Å². The van der Waals surface area contributed by atoms with Crippen molar-refractivity contribution < 1.29 is 8.42 Å². The molecule has 0 aliphatic rings. The Labute approximate surface area is 134 Å². The van der Waals surface area contributed by atoms with Gasteiger partial charge in [-0.1, -0.05) is 24.3 Å². The van der Waals surface area contributed by atoms with Crippen LogP contribution in [0.5, 0.6) is 0 Å². The molecule has 6 nitrogen and oxygen atoms in total. The van der Waals surface area contributed by atoms with E-state index in [1.807, 2.05) is 30.3 Å². The van der Waals surface area contributed by atoms with Gasteiger partial charge in [0.2, 0.25) is 0 Å². The Morgan fingerprint density at radius 3 is 2.64 bits per heavy atom. The zero-order valence-electron chi connectivity index (χ0n) is 12.1. The first-order chi connectivity index (χ1) is 10.5. The number of aliphatic imine (C=N–C) groups is 1. The first kappa shape index (κ1) is 16.5. The third-order valence-electron chi connectivity index (χ3n) is 2.90.